The Labute approximate surface area is 123 Å². The Morgan fingerprint density at radius 1 is 1.19 bits per heavy atom. The Bertz CT molecular complexity index is 612. The van der Waals surface area contributed by atoms with E-state index in [4.69, 9.17) is 5.26 Å². The fourth-order valence-electron chi connectivity index (χ4n) is 3.18. The lowest BCUT2D eigenvalue weighted by Crippen LogP contribution is -2.52. The molecule has 0 atom stereocenters. The Balaban J connectivity index is 1.77. The largest absolute Gasteiger partial charge is 0.290 e. The zero-order valence-corrected chi connectivity index (χ0v) is 11.8. The van der Waals surface area contributed by atoms with E-state index >= 15 is 0 Å². The summed E-state index contributed by atoms with van der Waals surface area (Å²) in [5.41, 5.74) is 1.47. The normalized spacial score (nSPS) is 20.2. The van der Waals surface area contributed by atoms with Crippen LogP contribution in [0.2, 0.25) is 0 Å². The highest BCUT2D eigenvalue weighted by molar-refractivity contribution is 6.09. The van der Waals surface area contributed by atoms with Crippen molar-refractivity contribution in [3.05, 3.63) is 35.4 Å². The number of imide groups is 1. The molecule has 5 nitrogen and oxygen atoms in total. The first kappa shape index (κ1) is 13.8. The van der Waals surface area contributed by atoms with Crippen molar-refractivity contribution in [3.8, 4) is 6.07 Å². The van der Waals surface area contributed by atoms with Crippen LogP contribution >= 0.6 is 0 Å². The van der Waals surface area contributed by atoms with E-state index < -0.39 is 0 Å². The summed E-state index contributed by atoms with van der Waals surface area (Å²) in [4.78, 5) is 28.4. The van der Waals surface area contributed by atoms with Gasteiger partial charge < -0.3 is 0 Å². The van der Waals surface area contributed by atoms with Crippen LogP contribution in [0.25, 0.3) is 0 Å². The lowest BCUT2D eigenvalue weighted by atomic mass is 9.94. The molecular weight excluding hydrogens is 266 g/mol. The number of amides is 2. The molecule has 108 valence electrons. The lowest BCUT2D eigenvalue weighted by molar-refractivity contribution is -0.131. The second-order valence-corrected chi connectivity index (χ2v) is 5.57. The average molecular weight is 283 g/mol. The number of hydrogen-bond acceptors (Lipinski definition) is 4. The van der Waals surface area contributed by atoms with Crippen molar-refractivity contribution < 1.29 is 9.59 Å². The van der Waals surface area contributed by atoms with Crippen LogP contribution in [0.15, 0.2) is 24.3 Å². The topological polar surface area (TPSA) is 64.4 Å². The van der Waals surface area contributed by atoms with Crippen molar-refractivity contribution in [2.45, 2.75) is 25.3 Å². The van der Waals surface area contributed by atoms with Crippen LogP contribution < -0.4 is 0 Å². The first-order valence-electron chi connectivity index (χ1n) is 7.24. The van der Waals surface area contributed by atoms with Gasteiger partial charge >= 0.3 is 0 Å². The molecule has 1 saturated heterocycles. The van der Waals surface area contributed by atoms with Crippen LogP contribution in [-0.2, 0) is 11.2 Å². The number of nitrogens with zero attached hydrogens (tertiary/aromatic N) is 3. The summed E-state index contributed by atoms with van der Waals surface area (Å²) in [6.45, 7) is 1.94. The van der Waals surface area contributed by atoms with Crippen LogP contribution in [-0.4, -0.2) is 47.3 Å². The molecule has 1 aromatic rings. The molecule has 0 aliphatic carbocycles. The van der Waals surface area contributed by atoms with Crippen molar-refractivity contribution in [2.24, 2.45) is 0 Å². The van der Waals surface area contributed by atoms with Crippen LogP contribution in [0, 0.1) is 11.3 Å². The third-order valence-corrected chi connectivity index (χ3v) is 4.29. The molecule has 1 aromatic carbocycles. The number of carbonyl (C=O) groups excluding carboxylic acids is 2. The second-order valence-electron chi connectivity index (χ2n) is 5.57. The van der Waals surface area contributed by atoms with Gasteiger partial charge in [-0.05, 0) is 24.5 Å². The first-order valence-corrected chi connectivity index (χ1v) is 7.24. The van der Waals surface area contributed by atoms with Crippen molar-refractivity contribution in [1.82, 2.24) is 9.80 Å². The van der Waals surface area contributed by atoms with E-state index in [2.05, 4.69) is 11.0 Å². The summed E-state index contributed by atoms with van der Waals surface area (Å²) >= 11 is 0. The van der Waals surface area contributed by atoms with E-state index in [9.17, 15) is 9.59 Å². The molecule has 5 heteroatoms. The third-order valence-electron chi connectivity index (χ3n) is 4.29. The first-order chi connectivity index (χ1) is 10.2. The Morgan fingerprint density at radius 3 is 2.62 bits per heavy atom. The zero-order valence-electron chi connectivity index (χ0n) is 11.8. The molecule has 21 heavy (non-hydrogen) atoms. The van der Waals surface area contributed by atoms with E-state index in [0.717, 1.165) is 31.5 Å². The molecule has 0 bridgehead atoms. The van der Waals surface area contributed by atoms with E-state index in [1.54, 1.807) is 6.07 Å². The average Bonchev–Trinajstić information content (AvgIpc) is 2.49. The van der Waals surface area contributed by atoms with E-state index in [0.29, 0.717) is 18.5 Å². The standard InChI is InChI=1S/C16H17N3O2/c17-7-10-18-8-5-13(6-9-18)19-15(20)11-12-3-1-2-4-14(12)16(19)21/h1-4,13H,5-6,8-11H2. The van der Waals surface area contributed by atoms with Gasteiger partial charge in [0, 0.05) is 24.7 Å². The van der Waals surface area contributed by atoms with Gasteiger partial charge in [-0.2, -0.15) is 5.26 Å². The van der Waals surface area contributed by atoms with Gasteiger partial charge in [-0.25, -0.2) is 0 Å². The molecule has 0 radical (unpaired) electrons. The molecule has 2 aliphatic rings. The Morgan fingerprint density at radius 2 is 1.90 bits per heavy atom. The maximum Gasteiger partial charge on any atom is 0.261 e. The van der Waals surface area contributed by atoms with Gasteiger partial charge in [-0.1, -0.05) is 18.2 Å². The Kier molecular flexibility index (Phi) is 3.72. The smallest absolute Gasteiger partial charge is 0.261 e. The predicted molar refractivity (Wildman–Crippen MR) is 76.4 cm³/mol. The minimum atomic E-state index is -0.166. The molecule has 0 unspecified atom stereocenters. The highest BCUT2D eigenvalue weighted by atomic mass is 16.2. The molecule has 2 heterocycles. The number of benzene rings is 1. The summed E-state index contributed by atoms with van der Waals surface area (Å²) in [6.07, 6.45) is 1.81. The summed E-state index contributed by atoms with van der Waals surface area (Å²) in [5, 5.41) is 8.72. The molecule has 2 aliphatic heterocycles. The van der Waals surface area contributed by atoms with Gasteiger partial charge in [0.1, 0.15) is 0 Å². The van der Waals surface area contributed by atoms with Crippen molar-refractivity contribution in [2.75, 3.05) is 19.6 Å². The molecule has 0 N–H and O–H groups in total. The summed E-state index contributed by atoms with van der Waals surface area (Å²) < 4.78 is 0. The Hall–Kier alpha value is -2.19. The van der Waals surface area contributed by atoms with Gasteiger partial charge in [-0.15, -0.1) is 0 Å². The van der Waals surface area contributed by atoms with Gasteiger partial charge in [0.05, 0.1) is 19.0 Å². The summed E-state index contributed by atoms with van der Waals surface area (Å²) in [6, 6.07) is 9.44. The van der Waals surface area contributed by atoms with Gasteiger partial charge in [0.25, 0.3) is 5.91 Å². The van der Waals surface area contributed by atoms with Crippen LogP contribution in [0.1, 0.15) is 28.8 Å². The molecular formula is C16H17N3O2. The van der Waals surface area contributed by atoms with Crippen molar-refractivity contribution >= 4 is 11.8 Å². The number of hydrogen-bond donors (Lipinski definition) is 0. The lowest BCUT2D eigenvalue weighted by Gasteiger charge is -2.38. The van der Waals surface area contributed by atoms with Crippen LogP contribution in [0.4, 0.5) is 0 Å². The van der Waals surface area contributed by atoms with Crippen LogP contribution in [0.3, 0.4) is 0 Å². The molecule has 2 amide bonds. The molecule has 0 aromatic heterocycles. The second kappa shape index (κ2) is 5.66. The van der Waals surface area contributed by atoms with Gasteiger partial charge in [0.2, 0.25) is 5.91 Å². The monoisotopic (exact) mass is 283 g/mol. The minimum absolute atomic E-state index is 0.0340. The fraction of sp³-hybridized carbons (Fsp3) is 0.438. The van der Waals surface area contributed by atoms with E-state index in [1.165, 1.54) is 4.90 Å². The van der Waals surface area contributed by atoms with E-state index in [-0.39, 0.29) is 17.9 Å². The predicted octanol–water partition coefficient (Wildman–Crippen LogP) is 1.20. The van der Waals surface area contributed by atoms with Gasteiger partial charge in [-0.3, -0.25) is 19.4 Å². The number of nitriles is 1. The highest BCUT2D eigenvalue weighted by Crippen LogP contribution is 2.25. The molecule has 3 rings (SSSR count). The summed E-state index contributed by atoms with van der Waals surface area (Å²) in [7, 11) is 0. The SMILES string of the molecule is N#CCN1CCC(N2C(=O)Cc3ccccc3C2=O)CC1. The number of fused-ring (bicyclic) bond motifs is 1. The van der Waals surface area contributed by atoms with E-state index in [1.807, 2.05) is 18.2 Å². The third kappa shape index (κ3) is 2.55. The number of likely N-dealkylation sites (tertiary alicyclic amines) is 1. The molecule has 1 fully saturated rings. The minimum Gasteiger partial charge on any atom is -0.290 e. The number of carbonyl (C=O) groups is 2. The van der Waals surface area contributed by atoms with Crippen molar-refractivity contribution in [3.63, 3.8) is 0 Å². The zero-order chi connectivity index (χ0) is 14.8. The maximum absolute atomic E-state index is 12.6. The van der Waals surface area contributed by atoms with Crippen LogP contribution in [0.5, 0.6) is 0 Å². The molecule has 0 spiro atoms. The van der Waals surface area contributed by atoms with Gasteiger partial charge in [0.15, 0.2) is 0 Å². The summed E-state index contributed by atoms with van der Waals surface area (Å²) in [5.74, 6) is -0.266. The van der Waals surface area contributed by atoms with Crippen molar-refractivity contribution in [1.29, 1.82) is 5.26 Å². The molecule has 0 saturated carbocycles. The number of piperidine rings is 1. The number of rotatable bonds is 2. The fourth-order valence-corrected chi connectivity index (χ4v) is 3.18. The highest BCUT2D eigenvalue weighted by Gasteiger charge is 2.37. The quantitative estimate of drug-likeness (QED) is 0.604. The maximum atomic E-state index is 12.6.